The molecule has 1 aromatic heterocycles. The van der Waals surface area contributed by atoms with Gasteiger partial charge in [0, 0.05) is 11.3 Å². The second-order valence-corrected chi connectivity index (χ2v) is 6.15. The first-order valence-electron chi connectivity index (χ1n) is 6.67. The zero-order valence-corrected chi connectivity index (χ0v) is 11.8. The molecule has 0 radical (unpaired) electrons. The Labute approximate surface area is 116 Å². The maximum absolute atomic E-state index is 13.8. The first-order valence-corrected chi connectivity index (χ1v) is 7.96. The van der Waals surface area contributed by atoms with Gasteiger partial charge >= 0.3 is 0 Å². The number of hydrogen-bond donors (Lipinski definition) is 1. The molecule has 3 nitrogen and oxygen atoms in total. The molecule has 2 N–H and O–H groups in total. The predicted molar refractivity (Wildman–Crippen MR) is 78.9 cm³/mol. The zero-order valence-electron chi connectivity index (χ0n) is 11.0. The Morgan fingerprint density at radius 2 is 2.16 bits per heavy atom. The molecule has 19 heavy (non-hydrogen) atoms. The number of benzene rings is 1. The third-order valence-corrected chi connectivity index (χ3v) is 5.16. The Kier molecular flexibility index (Phi) is 3.39. The van der Waals surface area contributed by atoms with Crippen molar-refractivity contribution in [1.82, 2.24) is 9.55 Å². The van der Waals surface area contributed by atoms with Crippen molar-refractivity contribution < 1.29 is 4.39 Å². The van der Waals surface area contributed by atoms with Crippen molar-refractivity contribution in [3.63, 3.8) is 0 Å². The maximum Gasteiger partial charge on any atom is 0.201 e. The van der Waals surface area contributed by atoms with E-state index in [0.717, 1.165) is 11.9 Å². The van der Waals surface area contributed by atoms with Gasteiger partial charge in [-0.05, 0) is 31.2 Å². The number of nitrogen functional groups attached to an aromatic ring is 1. The van der Waals surface area contributed by atoms with Crippen LogP contribution in [0.2, 0.25) is 0 Å². The number of nitrogens with zero attached hydrogens (tertiary/aromatic N) is 2. The van der Waals surface area contributed by atoms with Crippen LogP contribution in [0.5, 0.6) is 0 Å². The van der Waals surface area contributed by atoms with Crippen LogP contribution >= 0.6 is 11.8 Å². The van der Waals surface area contributed by atoms with E-state index in [0.29, 0.717) is 22.8 Å². The van der Waals surface area contributed by atoms with E-state index in [2.05, 4.69) is 11.2 Å². The van der Waals surface area contributed by atoms with E-state index in [1.807, 2.05) is 22.4 Å². The summed E-state index contributed by atoms with van der Waals surface area (Å²) >= 11 is 1.88. The van der Waals surface area contributed by atoms with Crippen molar-refractivity contribution in [2.75, 3.05) is 12.0 Å². The average molecular weight is 279 g/mol. The summed E-state index contributed by atoms with van der Waals surface area (Å²) in [4.78, 5) is 4.21. The number of fused-ring (bicyclic) bond motifs is 1. The first kappa shape index (κ1) is 12.8. The normalized spacial score (nSPS) is 23.9. The number of aromatic nitrogens is 2. The maximum atomic E-state index is 13.8. The summed E-state index contributed by atoms with van der Waals surface area (Å²) in [6.45, 7) is 0. The van der Waals surface area contributed by atoms with Crippen LogP contribution in [-0.2, 0) is 0 Å². The molecule has 0 amide bonds. The van der Waals surface area contributed by atoms with Gasteiger partial charge in [0.25, 0.3) is 0 Å². The molecule has 1 aromatic carbocycles. The summed E-state index contributed by atoms with van der Waals surface area (Å²) in [6, 6.07) is 5.40. The molecule has 0 saturated heterocycles. The molecule has 3 rings (SSSR count). The molecule has 1 aliphatic rings. The first-order chi connectivity index (χ1) is 9.22. The van der Waals surface area contributed by atoms with Crippen LogP contribution in [0.15, 0.2) is 18.2 Å². The molecule has 102 valence electrons. The van der Waals surface area contributed by atoms with Gasteiger partial charge in [0.2, 0.25) is 5.95 Å². The van der Waals surface area contributed by atoms with E-state index in [1.54, 1.807) is 6.07 Å². The minimum Gasteiger partial charge on any atom is -0.369 e. The Balaban J connectivity index is 2.13. The lowest BCUT2D eigenvalue weighted by Gasteiger charge is -2.32. The second-order valence-electron chi connectivity index (χ2n) is 5.07. The summed E-state index contributed by atoms with van der Waals surface area (Å²) in [6.07, 6.45) is 6.90. The van der Waals surface area contributed by atoms with Gasteiger partial charge < -0.3 is 10.3 Å². The standard InChI is InChI=1S/C14H18FN3S/c1-19-12-8-3-2-6-10(12)18-11-7-4-5-9(15)13(11)17-14(18)16/h4-5,7,10,12H,2-3,6,8H2,1H3,(H2,16,17). The lowest BCUT2D eigenvalue weighted by Crippen LogP contribution is -2.26. The van der Waals surface area contributed by atoms with Crippen LogP contribution < -0.4 is 5.73 Å². The van der Waals surface area contributed by atoms with Gasteiger partial charge in [0.05, 0.1) is 5.52 Å². The van der Waals surface area contributed by atoms with E-state index < -0.39 is 0 Å². The monoisotopic (exact) mass is 279 g/mol. The summed E-state index contributed by atoms with van der Waals surface area (Å²) in [5.41, 5.74) is 7.26. The van der Waals surface area contributed by atoms with Crippen molar-refractivity contribution >= 4 is 28.7 Å². The second kappa shape index (κ2) is 5.04. The Morgan fingerprint density at radius 3 is 2.95 bits per heavy atom. The Hall–Kier alpha value is -1.23. The Bertz CT molecular complexity index is 596. The topological polar surface area (TPSA) is 43.8 Å². The van der Waals surface area contributed by atoms with Crippen LogP contribution in [-0.4, -0.2) is 21.1 Å². The fraction of sp³-hybridized carbons (Fsp3) is 0.500. The van der Waals surface area contributed by atoms with Gasteiger partial charge in [-0.3, -0.25) is 0 Å². The highest BCUT2D eigenvalue weighted by Crippen LogP contribution is 2.39. The number of nitrogens with two attached hydrogens (primary N) is 1. The van der Waals surface area contributed by atoms with Gasteiger partial charge in [-0.25, -0.2) is 9.37 Å². The number of para-hydroxylation sites is 1. The van der Waals surface area contributed by atoms with Crippen LogP contribution in [0.25, 0.3) is 11.0 Å². The number of thioether (sulfide) groups is 1. The van der Waals surface area contributed by atoms with Gasteiger partial charge in [-0.15, -0.1) is 0 Å². The number of halogens is 1. The molecule has 0 spiro atoms. The molecule has 1 fully saturated rings. The van der Waals surface area contributed by atoms with E-state index in [1.165, 1.54) is 25.3 Å². The lowest BCUT2D eigenvalue weighted by atomic mass is 9.94. The molecule has 5 heteroatoms. The molecule has 2 atom stereocenters. The van der Waals surface area contributed by atoms with Crippen molar-refractivity contribution in [2.45, 2.75) is 37.0 Å². The summed E-state index contributed by atoms with van der Waals surface area (Å²) < 4.78 is 15.8. The van der Waals surface area contributed by atoms with E-state index in [9.17, 15) is 4.39 Å². The highest BCUT2D eigenvalue weighted by atomic mass is 32.2. The van der Waals surface area contributed by atoms with E-state index >= 15 is 0 Å². The smallest absolute Gasteiger partial charge is 0.201 e. The van der Waals surface area contributed by atoms with Crippen molar-refractivity contribution in [2.24, 2.45) is 0 Å². The molecule has 2 unspecified atom stereocenters. The fourth-order valence-electron chi connectivity index (χ4n) is 3.10. The summed E-state index contributed by atoms with van der Waals surface area (Å²) in [5, 5.41) is 0.539. The minimum atomic E-state index is -0.292. The summed E-state index contributed by atoms with van der Waals surface area (Å²) in [7, 11) is 0. The molecular weight excluding hydrogens is 261 g/mol. The average Bonchev–Trinajstić information content (AvgIpc) is 2.76. The molecular formula is C14H18FN3S. The molecule has 1 aliphatic carbocycles. The largest absolute Gasteiger partial charge is 0.369 e. The van der Waals surface area contributed by atoms with Crippen molar-refractivity contribution in [3.8, 4) is 0 Å². The number of imidazole rings is 1. The molecule has 0 bridgehead atoms. The number of anilines is 1. The quantitative estimate of drug-likeness (QED) is 0.913. The molecule has 1 heterocycles. The lowest BCUT2D eigenvalue weighted by molar-refractivity contribution is 0.374. The highest BCUT2D eigenvalue weighted by Gasteiger charge is 2.29. The number of hydrogen-bond acceptors (Lipinski definition) is 3. The highest BCUT2D eigenvalue weighted by molar-refractivity contribution is 7.99. The van der Waals surface area contributed by atoms with Crippen LogP contribution in [0, 0.1) is 5.82 Å². The van der Waals surface area contributed by atoms with E-state index in [4.69, 9.17) is 5.73 Å². The van der Waals surface area contributed by atoms with Gasteiger partial charge in [0.1, 0.15) is 5.52 Å². The summed E-state index contributed by atoms with van der Waals surface area (Å²) in [5.74, 6) is 0.144. The molecule has 0 aliphatic heterocycles. The van der Waals surface area contributed by atoms with Crippen LogP contribution in [0.1, 0.15) is 31.7 Å². The Morgan fingerprint density at radius 1 is 1.37 bits per heavy atom. The van der Waals surface area contributed by atoms with Crippen LogP contribution in [0.3, 0.4) is 0 Å². The van der Waals surface area contributed by atoms with Gasteiger partial charge in [-0.2, -0.15) is 11.8 Å². The zero-order chi connectivity index (χ0) is 13.4. The SMILES string of the molecule is CSC1CCCCC1n1c(N)nc2c(F)cccc21. The predicted octanol–water partition coefficient (Wildman–Crippen LogP) is 3.60. The number of rotatable bonds is 2. The molecule has 1 saturated carbocycles. The van der Waals surface area contributed by atoms with E-state index in [-0.39, 0.29) is 5.82 Å². The van der Waals surface area contributed by atoms with Gasteiger partial charge in [-0.1, -0.05) is 18.9 Å². The van der Waals surface area contributed by atoms with Crippen LogP contribution in [0.4, 0.5) is 10.3 Å². The fourth-order valence-corrected chi connectivity index (χ4v) is 4.07. The van der Waals surface area contributed by atoms with Crippen molar-refractivity contribution in [3.05, 3.63) is 24.0 Å². The molecule has 2 aromatic rings. The minimum absolute atomic E-state index is 0.292. The third kappa shape index (κ3) is 2.10. The van der Waals surface area contributed by atoms with Gasteiger partial charge in [0.15, 0.2) is 5.82 Å². The van der Waals surface area contributed by atoms with Crippen molar-refractivity contribution in [1.29, 1.82) is 0 Å². The third-order valence-electron chi connectivity index (χ3n) is 4.00.